The minimum atomic E-state index is -3.56. The molecule has 8 nitrogen and oxygen atoms in total. The van der Waals surface area contributed by atoms with Crippen molar-refractivity contribution in [2.24, 2.45) is 10.1 Å². The molecule has 0 spiro atoms. The summed E-state index contributed by atoms with van der Waals surface area (Å²) in [4.78, 5) is 37.5. The van der Waals surface area contributed by atoms with Crippen LogP contribution in [0.2, 0.25) is 0 Å². The SMILES string of the molecule is N[C@H](Cc1ccccc1)C(=O)N=[S@@](=O)(CC(=O)N[C@@H](Cc1ccccc1)C(=O)O)c1ccccc1. The second-order valence-electron chi connectivity index (χ2n) is 7.97. The monoisotopic (exact) mass is 493 g/mol. The van der Waals surface area contributed by atoms with Gasteiger partial charge in [0.15, 0.2) is 0 Å². The summed E-state index contributed by atoms with van der Waals surface area (Å²) in [7, 11) is -3.56. The van der Waals surface area contributed by atoms with Crippen LogP contribution < -0.4 is 11.1 Å². The second kappa shape index (κ2) is 12.0. The number of carbonyl (C=O) groups excluding carboxylic acids is 2. The molecule has 0 fully saturated rings. The van der Waals surface area contributed by atoms with Gasteiger partial charge in [-0.25, -0.2) is 9.00 Å². The highest BCUT2D eigenvalue weighted by Crippen LogP contribution is 2.16. The second-order valence-corrected chi connectivity index (χ2v) is 10.2. The van der Waals surface area contributed by atoms with Gasteiger partial charge in [-0.2, -0.15) is 4.36 Å². The molecule has 0 aliphatic heterocycles. The Hall–Kier alpha value is -3.82. The molecule has 3 aromatic carbocycles. The summed E-state index contributed by atoms with van der Waals surface area (Å²) in [5, 5.41) is 12.0. The van der Waals surface area contributed by atoms with Crippen LogP contribution in [-0.2, 0) is 37.0 Å². The number of nitrogens with one attached hydrogen (secondary N) is 1. The van der Waals surface area contributed by atoms with E-state index >= 15 is 0 Å². The summed E-state index contributed by atoms with van der Waals surface area (Å²) >= 11 is 0. The molecule has 9 heteroatoms. The standard InChI is InChI=1S/C26H27N3O5S/c27-22(16-19-10-4-1-5-11-19)25(31)29-35(34,21-14-8-3-9-15-21)18-24(30)28-23(26(32)33)17-20-12-6-2-7-13-20/h1-15,22-23H,16-18,27H2,(H,28,30)(H,32,33)/t22-,23+,35-/m1/s1. The number of carboxylic acid groups (broad SMARTS) is 1. The van der Waals surface area contributed by atoms with Crippen molar-refractivity contribution in [1.82, 2.24) is 5.32 Å². The highest BCUT2D eigenvalue weighted by Gasteiger charge is 2.26. The molecular weight excluding hydrogens is 466 g/mol. The van der Waals surface area contributed by atoms with Crippen LogP contribution in [0.1, 0.15) is 11.1 Å². The maximum atomic E-state index is 13.8. The number of amides is 2. The van der Waals surface area contributed by atoms with Crippen LogP contribution in [0, 0.1) is 0 Å². The van der Waals surface area contributed by atoms with Crippen LogP contribution >= 0.6 is 0 Å². The van der Waals surface area contributed by atoms with E-state index in [2.05, 4.69) is 9.68 Å². The van der Waals surface area contributed by atoms with Crippen molar-refractivity contribution in [3.8, 4) is 0 Å². The molecular formula is C26H27N3O5S. The molecule has 3 rings (SSSR count). The van der Waals surface area contributed by atoms with Gasteiger partial charge in [0.1, 0.15) is 11.8 Å². The first kappa shape index (κ1) is 25.8. The molecule has 0 heterocycles. The normalized spacial score (nSPS) is 14.2. The van der Waals surface area contributed by atoms with E-state index in [9.17, 15) is 23.7 Å². The highest BCUT2D eigenvalue weighted by atomic mass is 32.2. The van der Waals surface area contributed by atoms with Gasteiger partial charge in [-0.3, -0.25) is 9.59 Å². The third-order valence-electron chi connectivity index (χ3n) is 5.21. The Labute approximate surface area is 204 Å². The highest BCUT2D eigenvalue weighted by molar-refractivity contribution is 7.94. The predicted molar refractivity (Wildman–Crippen MR) is 133 cm³/mol. The number of carboxylic acids is 1. The first-order valence-corrected chi connectivity index (χ1v) is 12.6. The quantitative estimate of drug-likeness (QED) is 0.396. The Morgan fingerprint density at radius 3 is 1.83 bits per heavy atom. The van der Waals surface area contributed by atoms with Gasteiger partial charge in [-0.1, -0.05) is 78.9 Å². The molecule has 4 N–H and O–H groups in total. The van der Waals surface area contributed by atoms with Crippen LogP contribution in [0.5, 0.6) is 0 Å². The van der Waals surface area contributed by atoms with E-state index in [1.807, 2.05) is 30.3 Å². The molecule has 0 aromatic heterocycles. The molecule has 0 aliphatic rings. The first-order valence-electron chi connectivity index (χ1n) is 11.0. The zero-order valence-electron chi connectivity index (χ0n) is 18.9. The topological polar surface area (TPSA) is 139 Å². The number of nitrogens with two attached hydrogens (primary N) is 1. The molecule has 0 bridgehead atoms. The Morgan fingerprint density at radius 2 is 1.31 bits per heavy atom. The van der Waals surface area contributed by atoms with Gasteiger partial charge in [0.2, 0.25) is 5.91 Å². The van der Waals surface area contributed by atoms with E-state index in [1.54, 1.807) is 48.5 Å². The van der Waals surface area contributed by atoms with Crippen LogP contribution in [-0.4, -0.2) is 44.9 Å². The van der Waals surface area contributed by atoms with Crippen molar-refractivity contribution in [1.29, 1.82) is 0 Å². The summed E-state index contributed by atoms with van der Waals surface area (Å²) in [5.74, 6) is -3.50. The lowest BCUT2D eigenvalue weighted by Crippen LogP contribution is -2.44. The molecule has 3 atom stereocenters. The van der Waals surface area contributed by atoms with E-state index in [0.29, 0.717) is 0 Å². The van der Waals surface area contributed by atoms with Crippen molar-refractivity contribution in [3.63, 3.8) is 0 Å². The fourth-order valence-electron chi connectivity index (χ4n) is 3.43. The summed E-state index contributed by atoms with van der Waals surface area (Å²) in [5.41, 5.74) is 7.56. The van der Waals surface area contributed by atoms with Gasteiger partial charge >= 0.3 is 5.97 Å². The average Bonchev–Trinajstić information content (AvgIpc) is 2.85. The molecule has 2 amide bonds. The van der Waals surface area contributed by atoms with Crippen molar-refractivity contribution >= 4 is 27.5 Å². The number of nitrogens with zero attached hydrogens (tertiary/aromatic N) is 1. The van der Waals surface area contributed by atoms with E-state index in [1.165, 1.54) is 12.1 Å². The number of hydrogen-bond acceptors (Lipinski definition) is 5. The average molecular weight is 494 g/mol. The molecule has 182 valence electrons. The molecule has 0 saturated heterocycles. The Balaban J connectivity index is 1.82. The van der Waals surface area contributed by atoms with Crippen LogP contribution in [0.15, 0.2) is 100 Å². The number of rotatable bonds is 10. The van der Waals surface area contributed by atoms with Crippen molar-refractivity contribution < 1.29 is 23.7 Å². The lowest BCUT2D eigenvalue weighted by atomic mass is 10.1. The van der Waals surface area contributed by atoms with E-state index in [0.717, 1.165) is 11.1 Å². The van der Waals surface area contributed by atoms with Gasteiger partial charge in [0.05, 0.1) is 15.8 Å². The zero-order chi connectivity index (χ0) is 25.3. The molecule has 3 aromatic rings. The van der Waals surface area contributed by atoms with Gasteiger partial charge in [-0.05, 0) is 29.7 Å². The summed E-state index contributed by atoms with van der Waals surface area (Å²) in [6.45, 7) is 0. The zero-order valence-corrected chi connectivity index (χ0v) is 19.8. The fourth-order valence-corrected chi connectivity index (χ4v) is 5.22. The predicted octanol–water partition coefficient (Wildman–Crippen LogP) is 2.42. The Bertz CT molecular complexity index is 1270. The van der Waals surface area contributed by atoms with Crippen molar-refractivity contribution in [2.45, 2.75) is 29.8 Å². The number of benzene rings is 3. The molecule has 35 heavy (non-hydrogen) atoms. The number of carbonyl (C=O) groups is 3. The summed E-state index contributed by atoms with van der Waals surface area (Å²) < 4.78 is 17.7. The fraction of sp³-hybridized carbons (Fsp3) is 0.192. The van der Waals surface area contributed by atoms with E-state index < -0.39 is 45.3 Å². The molecule has 0 radical (unpaired) electrons. The van der Waals surface area contributed by atoms with Crippen LogP contribution in [0.4, 0.5) is 0 Å². The third kappa shape index (κ3) is 7.59. The number of hydrogen-bond donors (Lipinski definition) is 3. The Morgan fingerprint density at radius 1 is 0.829 bits per heavy atom. The van der Waals surface area contributed by atoms with Crippen LogP contribution in [0.3, 0.4) is 0 Å². The lowest BCUT2D eigenvalue weighted by Gasteiger charge is -2.17. The van der Waals surface area contributed by atoms with E-state index in [4.69, 9.17) is 5.73 Å². The van der Waals surface area contributed by atoms with Crippen molar-refractivity contribution in [2.75, 3.05) is 5.75 Å². The Kier molecular flexibility index (Phi) is 8.88. The van der Waals surface area contributed by atoms with E-state index in [-0.39, 0.29) is 17.7 Å². The third-order valence-corrected chi connectivity index (χ3v) is 7.34. The van der Waals surface area contributed by atoms with Crippen LogP contribution in [0.25, 0.3) is 0 Å². The van der Waals surface area contributed by atoms with Gasteiger partial charge in [0, 0.05) is 11.3 Å². The largest absolute Gasteiger partial charge is 0.480 e. The molecule has 0 unspecified atom stereocenters. The smallest absolute Gasteiger partial charge is 0.326 e. The van der Waals surface area contributed by atoms with Gasteiger partial charge in [0.25, 0.3) is 5.91 Å². The number of aliphatic carboxylic acids is 1. The minimum Gasteiger partial charge on any atom is -0.480 e. The van der Waals surface area contributed by atoms with Crippen molar-refractivity contribution in [3.05, 3.63) is 102 Å². The summed E-state index contributed by atoms with van der Waals surface area (Å²) in [6, 6.07) is 23.6. The van der Waals surface area contributed by atoms with Gasteiger partial charge in [-0.15, -0.1) is 0 Å². The van der Waals surface area contributed by atoms with Gasteiger partial charge < -0.3 is 16.2 Å². The minimum absolute atomic E-state index is 0.0481. The molecule has 0 saturated carbocycles. The maximum Gasteiger partial charge on any atom is 0.326 e. The first-order chi connectivity index (χ1) is 16.8. The summed E-state index contributed by atoms with van der Waals surface area (Å²) in [6.07, 6.45) is 0.240. The molecule has 0 aliphatic carbocycles. The maximum absolute atomic E-state index is 13.8. The lowest BCUT2D eigenvalue weighted by molar-refractivity contribution is -0.141.